The van der Waals surface area contributed by atoms with Crippen molar-refractivity contribution in [2.24, 2.45) is 5.92 Å². The van der Waals surface area contributed by atoms with Crippen molar-refractivity contribution >= 4 is 40.4 Å². The van der Waals surface area contributed by atoms with E-state index in [-0.39, 0.29) is 17.9 Å². The predicted molar refractivity (Wildman–Crippen MR) is 163 cm³/mol. The number of pyridine rings is 1. The minimum absolute atomic E-state index is 0.127. The highest BCUT2D eigenvalue weighted by Crippen LogP contribution is 2.26. The van der Waals surface area contributed by atoms with Crippen LogP contribution in [0.2, 0.25) is 0 Å². The maximum atomic E-state index is 13.3. The van der Waals surface area contributed by atoms with E-state index in [1.54, 1.807) is 63.2 Å². The third-order valence-corrected chi connectivity index (χ3v) is 6.95. The fourth-order valence-electron chi connectivity index (χ4n) is 4.66. The maximum Gasteiger partial charge on any atom is 0.340 e. The summed E-state index contributed by atoms with van der Waals surface area (Å²) >= 11 is 0. The van der Waals surface area contributed by atoms with Gasteiger partial charge in [0.1, 0.15) is 17.8 Å². The highest BCUT2D eigenvalue weighted by molar-refractivity contribution is 6.03. The van der Waals surface area contributed by atoms with Gasteiger partial charge in [0, 0.05) is 22.7 Å². The second-order valence-corrected chi connectivity index (χ2v) is 10.7. The number of nitrogens with zero attached hydrogens (tertiary/aromatic N) is 3. The molecule has 14 nitrogen and oxygen atoms in total. The quantitative estimate of drug-likeness (QED) is 0.172. The highest BCUT2D eigenvalue weighted by atomic mass is 16.5. The number of carbonyl (C=O) groups excluding carboxylic acids is 4. The van der Waals surface area contributed by atoms with Crippen molar-refractivity contribution in [3.8, 4) is 17.2 Å². The molecule has 4 aromatic rings. The van der Waals surface area contributed by atoms with Crippen LogP contribution in [0, 0.1) is 12.8 Å². The molecule has 2 atom stereocenters. The number of methoxy groups -OCH3 is 1. The summed E-state index contributed by atoms with van der Waals surface area (Å²) in [6, 6.07) is 10.7. The van der Waals surface area contributed by atoms with Gasteiger partial charge in [-0.15, -0.1) is 0 Å². The van der Waals surface area contributed by atoms with E-state index >= 15 is 0 Å². The zero-order valence-electron chi connectivity index (χ0n) is 25.6. The first-order chi connectivity index (χ1) is 22.0. The summed E-state index contributed by atoms with van der Waals surface area (Å²) in [7, 11) is 1.45. The number of ether oxygens (including phenoxy) is 2. The topological polar surface area (TPSA) is 200 Å². The van der Waals surface area contributed by atoms with Crippen molar-refractivity contribution in [3.63, 3.8) is 0 Å². The molecule has 2 aromatic carbocycles. The Morgan fingerprint density at radius 2 is 1.78 bits per heavy atom. The molecule has 0 bridgehead atoms. The minimum Gasteiger partial charge on any atom is -0.496 e. The number of nitrogens with one attached hydrogen (secondary N) is 2. The number of amides is 2. The highest BCUT2D eigenvalue weighted by Gasteiger charge is 2.31. The van der Waals surface area contributed by atoms with E-state index in [2.05, 4.69) is 25.8 Å². The molecule has 0 radical (unpaired) electrons. The number of esters is 1. The smallest absolute Gasteiger partial charge is 0.340 e. The van der Waals surface area contributed by atoms with Gasteiger partial charge in [-0.3, -0.25) is 24.2 Å². The Balaban J connectivity index is 1.42. The second-order valence-electron chi connectivity index (χ2n) is 10.7. The van der Waals surface area contributed by atoms with Crippen LogP contribution in [0.1, 0.15) is 42.0 Å². The fourth-order valence-corrected chi connectivity index (χ4v) is 4.66. The third-order valence-electron chi connectivity index (χ3n) is 6.95. The molecule has 3 N–H and O–H groups in total. The van der Waals surface area contributed by atoms with Crippen LogP contribution < -0.4 is 15.4 Å². The number of carbonyl (C=O) groups is 5. The van der Waals surface area contributed by atoms with Crippen LogP contribution >= 0.6 is 0 Å². The van der Waals surface area contributed by atoms with Crippen molar-refractivity contribution in [2.45, 2.75) is 45.7 Å². The molecule has 0 aliphatic carbocycles. The standard InChI is InChI=1S/C32H33N5O9/c1-17(2)28(36-26(39)14-21-13-20(10-11-25(21)44-4)31-34-18(3)37-46-31)30(42)35-23(15-27(40)41)24(38)16-45-32(43)22-9-5-7-19-8-6-12-33-29(19)22/h5-13,17,23,28H,14-16H2,1-4H3,(H,35,42)(H,36,39)(H,40,41)/t23-,28-/m0/s1. The molecule has 14 heteroatoms. The number of fused-ring (bicyclic) bond motifs is 1. The molecule has 0 saturated heterocycles. The minimum atomic E-state index is -1.53. The number of benzene rings is 2. The van der Waals surface area contributed by atoms with Crippen LogP contribution in [-0.4, -0.2) is 75.6 Å². The molecule has 0 aliphatic rings. The van der Waals surface area contributed by atoms with Gasteiger partial charge in [0.2, 0.25) is 11.8 Å². The van der Waals surface area contributed by atoms with Crippen LogP contribution in [-0.2, 0) is 30.3 Å². The molecule has 0 spiro atoms. The molecular formula is C32H33N5O9. The summed E-state index contributed by atoms with van der Waals surface area (Å²) in [5, 5.41) is 18.9. The summed E-state index contributed by atoms with van der Waals surface area (Å²) in [6.07, 6.45) is 0.560. The third kappa shape index (κ3) is 8.28. The monoisotopic (exact) mass is 631 g/mol. The van der Waals surface area contributed by atoms with Gasteiger partial charge in [-0.2, -0.15) is 4.98 Å². The predicted octanol–water partition coefficient (Wildman–Crippen LogP) is 2.67. The van der Waals surface area contributed by atoms with Gasteiger partial charge in [0.05, 0.1) is 31.0 Å². The number of para-hydroxylation sites is 1. The van der Waals surface area contributed by atoms with Crippen molar-refractivity contribution < 1.29 is 43.1 Å². The molecule has 2 aromatic heterocycles. The van der Waals surface area contributed by atoms with Gasteiger partial charge < -0.3 is 29.7 Å². The van der Waals surface area contributed by atoms with E-state index in [9.17, 15) is 29.1 Å². The van der Waals surface area contributed by atoms with E-state index in [1.807, 2.05) is 0 Å². The Labute approximate surface area is 263 Å². The summed E-state index contributed by atoms with van der Waals surface area (Å²) in [5.41, 5.74) is 1.55. The Morgan fingerprint density at radius 3 is 2.46 bits per heavy atom. The number of Topliss-reactive ketones (excluding diaryl/α,β-unsaturated/α-hetero) is 1. The van der Waals surface area contributed by atoms with Crippen LogP contribution in [0.4, 0.5) is 0 Å². The Kier molecular flexibility index (Phi) is 10.8. The number of rotatable bonds is 14. The lowest BCUT2D eigenvalue weighted by Crippen LogP contribution is -2.54. The number of carboxylic acids is 1. The lowest BCUT2D eigenvalue weighted by molar-refractivity contribution is -0.141. The Morgan fingerprint density at radius 1 is 1.02 bits per heavy atom. The van der Waals surface area contributed by atoms with E-state index < -0.39 is 60.6 Å². The molecule has 2 heterocycles. The van der Waals surface area contributed by atoms with Crippen molar-refractivity contribution in [3.05, 3.63) is 71.7 Å². The summed E-state index contributed by atoms with van der Waals surface area (Å²) in [4.78, 5) is 72.1. The van der Waals surface area contributed by atoms with Crippen LogP contribution in [0.25, 0.3) is 22.4 Å². The normalized spacial score (nSPS) is 12.3. The van der Waals surface area contributed by atoms with Crippen molar-refractivity contribution in [2.75, 3.05) is 13.7 Å². The summed E-state index contributed by atoms with van der Waals surface area (Å²) in [5.74, 6) is -3.69. The number of aliphatic carboxylic acids is 1. The fraction of sp³-hybridized carbons (Fsp3) is 0.312. The van der Waals surface area contributed by atoms with Gasteiger partial charge in [-0.25, -0.2) is 4.79 Å². The largest absolute Gasteiger partial charge is 0.496 e. The summed E-state index contributed by atoms with van der Waals surface area (Å²) < 4.78 is 15.8. The molecule has 0 saturated carbocycles. The lowest BCUT2D eigenvalue weighted by Gasteiger charge is -2.24. The summed E-state index contributed by atoms with van der Waals surface area (Å²) in [6.45, 7) is 4.23. The van der Waals surface area contributed by atoms with Gasteiger partial charge in [0.25, 0.3) is 5.89 Å². The first-order valence-corrected chi connectivity index (χ1v) is 14.3. The second kappa shape index (κ2) is 14.9. The number of aryl methyl sites for hydroxylation is 1. The molecule has 4 rings (SSSR count). The first-order valence-electron chi connectivity index (χ1n) is 14.3. The van der Waals surface area contributed by atoms with E-state index in [0.717, 1.165) is 0 Å². The number of hydrogen-bond acceptors (Lipinski definition) is 11. The average Bonchev–Trinajstić information content (AvgIpc) is 3.47. The van der Waals surface area contributed by atoms with Crippen molar-refractivity contribution in [1.29, 1.82) is 0 Å². The van der Waals surface area contributed by atoms with Crippen LogP contribution in [0.3, 0.4) is 0 Å². The van der Waals surface area contributed by atoms with Crippen LogP contribution in [0.5, 0.6) is 5.75 Å². The van der Waals surface area contributed by atoms with Gasteiger partial charge in [-0.05, 0) is 43.2 Å². The molecular weight excluding hydrogens is 598 g/mol. The number of aromatic nitrogens is 3. The van der Waals surface area contributed by atoms with Crippen LogP contribution in [0.15, 0.2) is 59.3 Å². The van der Waals surface area contributed by atoms with Crippen molar-refractivity contribution in [1.82, 2.24) is 25.8 Å². The zero-order chi connectivity index (χ0) is 33.4. The number of hydrogen-bond donors (Lipinski definition) is 3. The van der Waals surface area contributed by atoms with E-state index in [4.69, 9.17) is 14.0 Å². The van der Waals surface area contributed by atoms with E-state index in [0.29, 0.717) is 33.6 Å². The molecule has 240 valence electrons. The zero-order valence-corrected chi connectivity index (χ0v) is 25.6. The molecule has 2 amide bonds. The van der Waals surface area contributed by atoms with Gasteiger partial charge >= 0.3 is 11.9 Å². The molecule has 46 heavy (non-hydrogen) atoms. The number of carboxylic acid groups (broad SMARTS) is 1. The lowest BCUT2D eigenvalue weighted by atomic mass is 10.0. The Bertz CT molecular complexity index is 1760. The number of ketones is 1. The first kappa shape index (κ1) is 33.2. The molecule has 0 unspecified atom stereocenters. The molecule has 0 aliphatic heterocycles. The molecule has 0 fully saturated rings. The van der Waals surface area contributed by atoms with Gasteiger partial charge in [0.15, 0.2) is 18.2 Å². The average molecular weight is 632 g/mol. The van der Waals surface area contributed by atoms with E-state index in [1.165, 1.54) is 19.4 Å². The van der Waals surface area contributed by atoms with Gasteiger partial charge in [-0.1, -0.05) is 37.2 Å². The Hall–Kier alpha value is -5.66. The maximum absolute atomic E-state index is 13.3. The SMILES string of the molecule is COc1ccc(-c2nc(C)no2)cc1CC(=O)N[C@H](C(=O)N[C@@H](CC(=O)O)C(=O)COC(=O)c1cccc2cccnc12)C(C)C.